The van der Waals surface area contributed by atoms with Crippen molar-refractivity contribution >= 4 is 17.5 Å². The zero-order chi connectivity index (χ0) is 26.2. The van der Waals surface area contributed by atoms with E-state index in [1.54, 1.807) is 49.4 Å². The number of carbonyl (C=O) groups excluding carboxylic acids is 2. The Kier molecular flexibility index (Phi) is 4.88. The van der Waals surface area contributed by atoms with Crippen LogP contribution in [0, 0.1) is 11.3 Å². The van der Waals surface area contributed by atoms with Gasteiger partial charge in [-0.25, -0.2) is 28.4 Å². The lowest BCUT2D eigenvalue weighted by atomic mass is 9.56. The van der Waals surface area contributed by atoms with Crippen LogP contribution in [-0.4, -0.2) is 38.0 Å². The van der Waals surface area contributed by atoms with Crippen molar-refractivity contribution in [3.05, 3.63) is 86.7 Å². The maximum Gasteiger partial charge on any atom is 0.347 e. The zero-order valence-electron chi connectivity index (χ0n) is 20.6. The van der Waals surface area contributed by atoms with Crippen LogP contribution in [0.2, 0.25) is 0 Å². The van der Waals surface area contributed by atoms with Crippen molar-refractivity contribution in [1.82, 2.24) is 13.9 Å². The first-order valence-electron chi connectivity index (χ1n) is 12.1. The molecule has 2 amide bonds. The van der Waals surface area contributed by atoms with Crippen LogP contribution in [0.15, 0.2) is 69.8 Å². The molecule has 10 heteroatoms. The summed E-state index contributed by atoms with van der Waals surface area (Å²) in [4.78, 5) is 55.2. The Balaban J connectivity index is 1.62. The number of para-hydroxylation sites is 1. The van der Waals surface area contributed by atoms with E-state index >= 15 is 0 Å². The third-order valence-corrected chi connectivity index (χ3v) is 8.29. The molecule has 1 N–H and O–H groups in total. The highest BCUT2D eigenvalue weighted by molar-refractivity contribution is 6.24. The van der Waals surface area contributed by atoms with Crippen LogP contribution in [0.1, 0.15) is 30.9 Å². The molecule has 0 unspecified atom stereocenters. The minimum Gasteiger partial charge on any atom is -0.508 e. The maximum atomic E-state index is 14.2. The first kappa shape index (κ1) is 23.1. The number of methoxy groups -OCH3 is 1. The lowest BCUT2D eigenvalue weighted by molar-refractivity contribution is -0.129. The normalized spacial score (nSPS) is 26.4. The Bertz CT molecular complexity index is 1610. The van der Waals surface area contributed by atoms with Crippen molar-refractivity contribution in [3.63, 3.8) is 0 Å². The number of phenolic OH excluding ortho intramolecular Hbond substituents is 1. The molecule has 3 aliphatic rings. The number of aromatic hydroxyl groups is 1. The highest BCUT2D eigenvalue weighted by atomic mass is 16.5. The maximum absolute atomic E-state index is 14.2. The largest absolute Gasteiger partial charge is 0.508 e. The molecule has 4 atom stereocenters. The molecular formula is C27H26N4O6. The van der Waals surface area contributed by atoms with Crippen LogP contribution < -0.4 is 21.0 Å². The second-order valence-corrected chi connectivity index (χ2v) is 10.0. The quantitative estimate of drug-likeness (QED) is 0.432. The molecule has 6 rings (SSSR count). The summed E-state index contributed by atoms with van der Waals surface area (Å²) in [6.07, 6.45) is 2.01. The van der Waals surface area contributed by atoms with E-state index < -0.39 is 34.7 Å². The van der Waals surface area contributed by atoms with Crippen molar-refractivity contribution in [2.24, 2.45) is 18.4 Å². The third-order valence-electron chi connectivity index (χ3n) is 8.29. The Morgan fingerprint density at radius 3 is 2.46 bits per heavy atom. The minimum absolute atomic E-state index is 0.0471. The number of hydrogen-bond acceptors (Lipinski definition) is 6. The SMILES string of the molecule is COc1ccc(O)c([C@H]2C3=CCn4c(=O)n(C)c(=O)n4[C@@H]3C[C@H]3C(=O)N(c4ccccc4)C(=O)[C@@]23C)c1. The molecule has 0 bridgehead atoms. The predicted octanol–water partition coefficient (Wildman–Crippen LogP) is 1.93. The number of fused-ring (bicyclic) bond motifs is 4. The first-order valence-corrected chi connectivity index (χ1v) is 12.1. The van der Waals surface area contributed by atoms with Gasteiger partial charge in [0.15, 0.2) is 0 Å². The van der Waals surface area contributed by atoms with Crippen LogP contribution >= 0.6 is 0 Å². The molecule has 190 valence electrons. The average Bonchev–Trinajstić information content (AvgIpc) is 3.24. The summed E-state index contributed by atoms with van der Waals surface area (Å²) in [5, 5.41) is 11.0. The van der Waals surface area contributed by atoms with Crippen molar-refractivity contribution in [2.75, 3.05) is 12.0 Å². The molecule has 2 aromatic carbocycles. The molecule has 0 spiro atoms. The Morgan fingerprint density at radius 2 is 1.76 bits per heavy atom. The summed E-state index contributed by atoms with van der Waals surface area (Å²) in [5.41, 5.74) is -0.583. The molecule has 37 heavy (non-hydrogen) atoms. The van der Waals surface area contributed by atoms with Crippen molar-refractivity contribution in [1.29, 1.82) is 0 Å². The van der Waals surface area contributed by atoms with Gasteiger partial charge in [0.2, 0.25) is 11.8 Å². The van der Waals surface area contributed by atoms with E-state index in [0.717, 1.165) is 4.57 Å². The summed E-state index contributed by atoms with van der Waals surface area (Å²) < 4.78 is 9.21. The average molecular weight is 503 g/mol. The second-order valence-electron chi connectivity index (χ2n) is 10.0. The van der Waals surface area contributed by atoms with Crippen LogP contribution in [0.25, 0.3) is 0 Å². The fourth-order valence-corrected chi connectivity index (χ4v) is 6.44. The summed E-state index contributed by atoms with van der Waals surface area (Å²) in [6, 6.07) is 12.9. The number of phenols is 1. The van der Waals surface area contributed by atoms with Crippen LogP contribution in [0.4, 0.5) is 5.69 Å². The van der Waals surface area contributed by atoms with E-state index in [1.807, 2.05) is 6.08 Å². The fourth-order valence-electron chi connectivity index (χ4n) is 6.44. The number of benzene rings is 2. The van der Waals surface area contributed by atoms with Gasteiger partial charge in [0.25, 0.3) is 0 Å². The number of aromatic nitrogens is 3. The van der Waals surface area contributed by atoms with Crippen molar-refractivity contribution in [3.8, 4) is 11.5 Å². The summed E-state index contributed by atoms with van der Waals surface area (Å²) in [5.74, 6) is -1.84. The van der Waals surface area contributed by atoms with Gasteiger partial charge in [0, 0.05) is 18.5 Å². The van der Waals surface area contributed by atoms with Gasteiger partial charge in [-0.15, -0.1) is 0 Å². The molecule has 10 nitrogen and oxygen atoms in total. The number of allylic oxidation sites excluding steroid dienone is 2. The molecule has 1 saturated carbocycles. The summed E-state index contributed by atoms with van der Waals surface area (Å²) in [6.45, 7) is 1.89. The van der Waals surface area contributed by atoms with Gasteiger partial charge in [0.1, 0.15) is 11.5 Å². The van der Waals surface area contributed by atoms with E-state index in [9.17, 15) is 24.3 Å². The monoisotopic (exact) mass is 502 g/mol. The molecular weight excluding hydrogens is 476 g/mol. The van der Waals surface area contributed by atoms with Gasteiger partial charge in [-0.3, -0.25) is 9.59 Å². The van der Waals surface area contributed by atoms with Gasteiger partial charge < -0.3 is 9.84 Å². The third kappa shape index (κ3) is 2.92. The van der Waals surface area contributed by atoms with Crippen LogP contribution in [0.5, 0.6) is 11.5 Å². The number of hydrogen-bond donors (Lipinski definition) is 1. The molecule has 1 aliphatic carbocycles. The zero-order valence-corrected chi connectivity index (χ0v) is 20.6. The molecule has 1 saturated heterocycles. The molecule has 3 aromatic rings. The number of ether oxygens (including phenoxy) is 1. The van der Waals surface area contributed by atoms with E-state index in [0.29, 0.717) is 22.6 Å². The van der Waals surface area contributed by atoms with E-state index in [4.69, 9.17) is 4.74 Å². The van der Waals surface area contributed by atoms with Gasteiger partial charge in [-0.2, -0.15) is 0 Å². The van der Waals surface area contributed by atoms with Gasteiger partial charge in [-0.05, 0) is 49.2 Å². The van der Waals surface area contributed by atoms with E-state index in [-0.39, 0.29) is 30.5 Å². The van der Waals surface area contributed by atoms with Gasteiger partial charge in [-0.1, -0.05) is 24.3 Å². The molecule has 3 heterocycles. The van der Waals surface area contributed by atoms with Crippen LogP contribution in [-0.2, 0) is 23.2 Å². The number of carbonyl (C=O) groups is 2. The van der Waals surface area contributed by atoms with Gasteiger partial charge in [0.05, 0.1) is 36.7 Å². The summed E-state index contributed by atoms with van der Waals surface area (Å²) in [7, 11) is 2.93. The highest BCUT2D eigenvalue weighted by Crippen LogP contribution is 2.62. The molecule has 2 aliphatic heterocycles. The number of imide groups is 1. The lowest BCUT2D eigenvalue weighted by Crippen LogP contribution is -2.49. The first-order chi connectivity index (χ1) is 17.7. The topological polar surface area (TPSA) is 116 Å². The number of amides is 2. The number of anilines is 1. The second kappa shape index (κ2) is 7.83. The Hall–Kier alpha value is -4.34. The fraction of sp³-hybridized carbons (Fsp3) is 0.333. The molecule has 2 fully saturated rings. The number of rotatable bonds is 3. The van der Waals surface area contributed by atoms with Gasteiger partial charge >= 0.3 is 11.4 Å². The standard InChI is InChI=1S/C27H26N4O6/c1-27-19(23(33)30(24(27)34)15-7-5-4-6-8-15)14-20-17(11-12-29-25(35)28(2)26(36)31(20)29)22(27)18-13-16(37-3)9-10-21(18)32/h4-11,13,19-20,22,32H,12,14H2,1-3H3/t19-,20+,22+,27+/m0/s1. The number of nitrogens with zero attached hydrogens (tertiary/aromatic N) is 4. The minimum atomic E-state index is -1.25. The predicted molar refractivity (Wildman–Crippen MR) is 134 cm³/mol. The Morgan fingerprint density at radius 1 is 1.03 bits per heavy atom. The molecule has 1 aromatic heterocycles. The van der Waals surface area contributed by atoms with E-state index in [1.165, 1.54) is 34.5 Å². The van der Waals surface area contributed by atoms with Crippen molar-refractivity contribution < 1.29 is 19.4 Å². The van der Waals surface area contributed by atoms with E-state index in [2.05, 4.69) is 0 Å². The summed E-state index contributed by atoms with van der Waals surface area (Å²) >= 11 is 0. The molecule has 0 radical (unpaired) electrons. The van der Waals surface area contributed by atoms with Crippen LogP contribution in [0.3, 0.4) is 0 Å². The Labute approximate surface area is 211 Å². The highest BCUT2D eigenvalue weighted by Gasteiger charge is 2.65. The lowest BCUT2D eigenvalue weighted by Gasteiger charge is -2.47. The van der Waals surface area contributed by atoms with Crippen molar-refractivity contribution in [2.45, 2.75) is 31.8 Å². The smallest absolute Gasteiger partial charge is 0.347 e.